The van der Waals surface area contributed by atoms with E-state index in [1.807, 2.05) is 37.4 Å². The van der Waals surface area contributed by atoms with E-state index in [0.29, 0.717) is 12.3 Å². The lowest BCUT2D eigenvalue weighted by Crippen LogP contribution is -2.27. The van der Waals surface area contributed by atoms with Crippen molar-refractivity contribution in [3.8, 4) is 0 Å². The molecule has 0 aliphatic carbocycles. The van der Waals surface area contributed by atoms with Gasteiger partial charge >= 0.3 is 0 Å². The zero-order chi connectivity index (χ0) is 14.5. The summed E-state index contributed by atoms with van der Waals surface area (Å²) in [4.78, 5) is 16.1. The average molecular weight is 326 g/mol. The summed E-state index contributed by atoms with van der Waals surface area (Å²) in [5.74, 6) is 0.586. The van der Waals surface area contributed by atoms with Crippen LogP contribution in [-0.2, 0) is 11.3 Å². The van der Waals surface area contributed by atoms with Crippen molar-refractivity contribution in [1.82, 2.24) is 4.90 Å². The van der Waals surface area contributed by atoms with Crippen LogP contribution in [0, 0.1) is 6.92 Å². The normalized spacial score (nSPS) is 10.6. The third-order valence-corrected chi connectivity index (χ3v) is 5.27. The van der Waals surface area contributed by atoms with E-state index in [2.05, 4.69) is 13.0 Å². The van der Waals surface area contributed by atoms with E-state index in [-0.39, 0.29) is 5.91 Å². The van der Waals surface area contributed by atoms with E-state index in [9.17, 15) is 4.79 Å². The van der Waals surface area contributed by atoms with Gasteiger partial charge in [-0.3, -0.25) is 4.79 Å². The van der Waals surface area contributed by atoms with Crippen molar-refractivity contribution < 1.29 is 4.79 Å². The van der Waals surface area contributed by atoms with Crippen molar-refractivity contribution in [1.29, 1.82) is 0 Å². The highest BCUT2D eigenvalue weighted by Crippen LogP contribution is 2.24. The van der Waals surface area contributed by atoms with Crippen molar-refractivity contribution in [3.05, 3.63) is 51.2 Å². The molecular formula is C15H16ClNOS2. The maximum absolute atomic E-state index is 12.1. The molecule has 0 fully saturated rings. The molecule has 0 saturated carbocycles. The predicted molar refractivity (Wildman–Crippen MR) is 87.7 cm³/mol. The van der Waals surface area contributed by atoms with E-state index in [4.69, 9.17) is 11.6 Å². The van der Waals surface area contributed by atoms with E-state index < -0.39 is 0 Å². The van der Waals surface area contributed by atoms with Gasteiger partial charge in [0.2, 0.25) is 5.91 Å². The first-order valence-electron chi connectivity index (χ1n) is 6.23. The Hall–Kier alpha value is -0.970. The molecule has 0 saturated heterocycles. The minimum atomic E-state index is 0.128. The summed E-state index contributed by atoms with van der Waals surface area (Å²) < 4.78 is 0.759. The van der Waals surface area contributed by atoms with Crippen LogP contribution in [0.25, 0.3) is 0 Å². The lowest BCUT2D eigenvalue weighted by atomic mass is 10.2. The van der Waals surface area contributed by atoms with E-state index in [1.165, 1.54) is 16.9 Å². The SMILES string of the molecule is Cc1ccccc1SCC(=O)N(C)Cc1ccc(Cl)s1. The molecule has 0 spiro atoms. The smallest absolute Gasteiger partial charge is 0.233 e. The second-order valence-electron chi connectivity index (χ2n) is 4.51. The highest BCUT2D eigenvalue weighted by molar-refractivity contribution is 8.00. The minimum absolute atomic E-state index is 0.128. The molecule has 0 N–H and O–H groups in total. The summed E-state index contributed by atoms with van der Waals surface area (Å²) in [7, 11) is 1.83. The van der Waals surface area contributed by atoms with Crippen LogP contribution in [0.1, 0.15) is 10.4 Å². The number of carbonyl (C=O) groups excluding carboxylic acids is 1. The number of aryl methyl sites for hydroxylation is 1. The number of thiophene rings is 1. The quantitative estimate of drug-likeness (QED) is 0.756. The molecule has 2 nitrogen and oxygen atoms in total. The van der Waals surface area contributed by atoms with Crippen LogP contribution in [0.2, 0.25) is 4.34 Å². The van der Waals surface area contributed by atoms with Crippen molar-refractivity contribution in [2.45, 2.75) is 18.4 Å². The van der Waals surface area contributed by atoms with Crippen LogP contribution in [0.15, 0.2) is 41.3 Å². The topological polar surface area (TPSA) is 20.3 Å². The first kappa shape index (κ1) is 15.4. The molecule has 2 aromatic rings. The number of hydrogen-bond donors (Lipinski definition) is 0. The van der Waals surface area contributed by atoms with Crippen molar-refractivity contribution in [3.63, 3.8) is 0 Å². The van der Waals surface area contributed by atoms with Gasteiger partial charge in [-0.25, -0.2) is 0 Å². The first-order chi connectivity index (χ1) is 9.56. The molecule has 1 aromatic heterocycles. The molecule has 1 aromatic carbocycles. The maximum Gasteiger partial charge on any atom is 0.233 e. The number of benzene rings is 1. The number of hydrogen-bond acceptors (Lipinski definition) is 3. The molecule has 0 bridgehead atoms. The number of carbonyl (C=O) groups is 1. The van der Waals surface area contributed by atoms with Gasteiger partial charge in [-0.1, -0.05) is 29.8 Å². The van der Waals surface area contributed by atoms with Gasteiger partial charge in [0.05, 0.1) is 16.6 Å². The number of nitrogens with zero attached hydrogens (tertiary/aromatic N) is 1. The molecule has 0 atom stereocenters. The summed E-state index contributed by atoms with van der Waals surface area (Å²) in [6, 6.07) is 11.9. The van der Waals surface area contributed by atoms with Crippen LogP contribution in [0.5, 0.6) is 0 Å². The molecular weight excluding hydrogens is 310 g/mol. The highest BCUT2D eigenvalue weighted by atomic mass is 35.5. The van der Waals surface area contributed by atoms with Gasteiger partial charge in [0.25, 0.3) is 0 Å². The van der Waals surface area contributed by atoms with Crippen LogP contribution in [0.4, 0.5) is 0 Å². The zero-order valence-electron chi connectivity index (χ0n) is 11.4. The fourth-order valence-electron chi connectivity index (χ4n) is 1.73. The van der Waals surface area contributed by atoms with Crippen LogP contribution in [-0.4, -0.2) is 23.6 Å². The fraction of sp³-hybridized carbons (Fsp3) is 0.267. The van der Waals surface area contributed by atoms with E-state index >= 15 is 0 Å². The van der Waals surface area contributed by atoms with E-state index in [1.54, 1.807) is 16.7 Å². The molecule has 2 rings (SSSR count). The Morgan fingerprint density at radius 2 is 2.05 bits per heavy atom. The second kappa shape index (κ2) is 7.16. The molecule has 0 aliphatic heterocycles. The monoisotopic (exact) mass is 325 g/mol. The molecule has 0 unspecified atom stereocenters. The van der Waals surface area contributed by atoms with Gasteiger partial charge in [0.15, 0.2) is 0 Å². The van der Waals surface area contributed by atoms with Crippen LogP contribution >= 0.6 is 34.7 Å². The molecule has 1 heterocycles. The lowest BCUT2D eigenvalue weighted by Gasteiger charge is -2.16. The largest absolute Gasteiger partial charge is 0.340 e. The Morgan fingerprint density at radius 1 is 1.30 bits per heavy atom. The van der Waals surface area contributed by atoms with Gasteiger partial charge < -0.3 is 4.90 Å². The van der Waals surface area contributed by atoms with Gasteiger partial charge in [0, 0.05) is 16.8 Å². The predicted octanol–water partition coefficient (Wildman–Crippen LogP) is 4.46. The Morgan fingerprint density at radius 3 is 2.70 bits per heavy atom. The summed E-state index contributed by atoms with van der Waals surface area (Å²) in [6.07, 6.45) is 0. The Balaban J connectivity index is 1.87. The molecule has 0 aliphatic rings. The van der Waals surface area contributed by atoms with E-state index in [0.717, 1.165) is 14.1 Å². The van der Waals surface area contributed by atoms with Crippen LogP contribution in [0.3, 0.4) is 0 Å². The van der Waals surface area contributed by atoms with Crippen molar-refractivity contribution in [2.75, 3.05) is 12.8 Å². The summed E-state index contributed by atoms with van der Waals surface area (Å²) >= 11 is 8.99. The second-order valence-corrected chi connectivity index (χ2v) is 7.33. The Bertz CT molecular complexity index is 597. The lowest BCUT2D eigenvalue weighted by molar-refractivity contribution is -0.127. The van der Waals surface area contributed by atoms with Gasteiger partial charge in [-0.2, -0.15) is 0 Å². The minimum Gasteiger partial charge on any atom is -0.340 e. The van der Waals surface area contributed by atoms with Gasteiger partial charge in [-0.05, 0) is 30.7 Å². The maximum atomic E-state index is 12.1. The van der Waals surface area contributed by atoms with Crippen molar-refractivity contribution in [2.24, 2.45) is 0 Å². The van der Waals surface area contributed by atoms with Crippen LogP contribution < -0.4 is 0 Å². The third kappa shape index (κ3) is 4.27. The molecule has 1 amide bonds. The Kier molecular flexibility index (Phi) is 5.52. The summed E-state index contributed by atoms with van der Waals surface area (Å²) in [5, 5.41) is 0. The average Bonchev–Trinajstić information content (AvgIpc) is 2.82. The molecule has 106 valence electrons. The summed E-state index contributed by atoms with van der Waals surface area (Å²) in [5.41, 5.74) is 1.21. The van der Waals surface area contributed by atoms with Gasteiger partial charge in [-0.15, -0.1) is 23.1 Å². The third-order valence-electron chi connectivity index (χ3n) is 2.89. The number of rotatable bonds is 5. The number of amides is 1. The Labute approximate surface area is 132 Å². The molecule has 0 radical (unpaired) electrons. The highest BCUT2D eigenvalue weighted by Gasteiger charge is 2.11. The standard InChI is InChI=1S/C15H16ClNOS2/c1-11-5-3-4-6-13(11)19-10-15(18)17(2)9-12-7-8-14(16)20-12/h3-8H,9-10H2,1-2H3. The number of halogens is 1. The van der Waals surface area contributed by atoms with Gasteiger partial charge in [0.1, 0.15) is 0 Å². The van der Waals surface area contributed by atoms with Crippen molar-refractivity contribution >= 4 is 40.6 Å². The fourth-order valence-corrected chi connectivity index (χ4v) is 3.84. The molecule has 5 heteroatoms. The zero-order valence-corrected chi connectivity index (χ0v) is 13.8. The molecule has 20 heavy (non-hydrogen) atoms. The number of thioether (sulfide) groups is 1. The summed E-state index contributed by atoms with van der Waals surface area (Å²) in [6.45, 7) is 2.68. The first-order valence-corrected chi connectivity index (χ1v) is 8.41.